The Balaban J connectivity index is 0.00000289. The molecule has 0 radical (unpaired) electrons. The van der Waals surface area contributed by atoms with Gasteiger partial charge in [-0.15, -0.1) is 12.4 Å². The van der Waals surface area contributed by atoms with Crippen LogP contribution in [0.2, 0.25) is 0 Å². The number of nitrogens with zero attached hydrogens (tertiary/aromatic N) is 1. The zero-order valence-corrected chi connectivity index (χ0v) is 12.5. The van der Waals surface area contributed by atoms with E-state index in [1.165, 1.54) is 6.07 Å². The quantitative estimate of drug-likeness (QED) is 0.652. The monoisotopic (exact) mass is 338 g/mol. The van der Waals surface area contributed by atoms with Crippen molar-refractivity contribution in [2.24, 2.45) is 11.1 Å². The van der Waals surface area contributed by atoms with E-state index < -0.39 is 16.4 Å². The molecule has 0 spiro atoms. The van der Waals surface area contributed by atoms with Crippen molar-refractivity contribution >= 4 is 34.0 Å². The van der Waals surface area contributed by atoms with E-state index in [9.17, 15) is 15.2 Å². The highest BCUT2D eigenvalue weighted by molar-refractivity contribution is 9.10. The van der Waals surface area contributed by atoms with Gasteiger partial charge in [-0.1, -0.05) is 19.9 Å². The molecular weight excluding hydrogens is 323 g/mol. The number of aliphatic hydroxyl groups excluding tert-OH is 1. The normalized spacial score (nSPS) is 12.7. The van der Waals surface area contributed by atoms with Crippen molar-refractivity contribution in [3.63, 3.8) is 0 Å². The predicted molar refractivity (Wildman–Crippen MR) is 75.8 cm³/mol. The van der Waals surface area contributed by atoms with Gasteiger partial charge in [-0.3, -0.25) is 10.1 Å². The van der Waals surface area contributed by atoms with Crippen molar-refractivity contribution in [1.82, 2.24) is 0 Å². The van der Waals surface area contributed by atoms with E-state index in [1.54, 1.807) is 12.1 Å². The lowest BCUT2D eigenvalue weighted by atomic mass is 9.82. The van der Waals surface area contributed by atoms with Crippen molar-refractivity contribution in [2.75, 3.05) is 6.61 Å². The highest BCUT2D eigenvalue weighted by atomic mass is 79.9. The van der Waals surface area contributed by atoms with E-state index in [0.29, 0.717) is 10.0 Å². The number of nitro benzene ring substituents is 1. The lowest BCUT2D eigenvalue weighted by Gasteiger charge is -2.29. The second-order valence-electron chi connectivity index (χ2n) is 4.59. The van der Waals surface area contributed by atoms with Crippen molar-refractivity contribution in [1.29, 1.82) is 0 Å². The highest BCUT2D eigenvalue weighted by Gasteiger charge is 2.28. The molecular formula is C11H16BrClN2O3. The van der Waals surface area contributed by atoms with Crippen LogP contribution in [0.15, 0.2) is 22.7 Å². The van der Waals surface area contributed by atoms with E-state index in [1.807, 2.05) is 13.8 Å². The van der Waals surface area contributed by atoms with Gasteiger partial charge in [0.1, 0.15) is 0 Å². The van der Waals surface area contributed by atoms with Crippen LogP contribution in [-0.4, -0.2) is 16.6 Å². The largest absolute Gasteiger partial charge is 0.396 e. The Morgan fingerprint density at radius 2 is 2.11 bits per heavy atom. The Bertz CT molecular complexity index is 440. The molecule has 0 aliphatic heterocycles. The molecule has 1 aromatic rings. The van der Waals surface area contributed by atoms with Crippen LogP contribution in [-0.2, 0) is 0 Å². The maximum atomic E-state index is 10.8. The smallest absolute Gasteiger partial charge is 0.283 e. The molecule has 1 atom stereocenters. The maximum absolute atomic E-state index is 10.8. The average molecular weight is 340 g/mol. The maximum Gasteiger partial charge on any atom is 0.283 e. The molecule has 0 bridgehead atoms. The first-order valence-electron chi connectivity index (χ1n) is 5.10. The van der Waals surface area contributed by atoms with Crippen LogP contribution in [0.4, 0.5) is 5.69 Å². The van der Waals surface area contributed by atoms with E-state index >= 15 is 0 Å². The van der Waals surface area contributed by atoms with Crippen LogP contribution in [0.1, 0.15) is 25.5 Å². The number of aliphatic hydroxyl groups is 1. The first-order chi connectivity index (χ1) is 7.79. The van der Waals surface area contributed by atoms with Crippen molar-refractivity contribution in [3.05, 3.63) is 38.3 Å². The Morgan fingerprint density at radius 1 is 1.56 bits per heavy atom. The SMILES string of the molecule is CC(C)(CO)[C@@H](N)c1ccc(Br)c([N+](=O)[O-])c1.Cl. The van der Waals surface area contributed by atoms with E-state index in [4.69, 9.17) is 5.73 Å². The van der Waals surface area contributed by atoms with Crippen molar-refractivity contribution in [3.8, 4) is 0 Å². The molecule has 1 rings (SSSR count). The summed E-state index contributed by atoms with van der Waals surface area (Å²) >= 11 is 3.12. The van der Waals surface area contributed by atoms with E-state index in [0.717, 1.165) is 0 Å². The van der Waals surface area contributed by atoms with E-state index in [-0.39, 0.29) is 24.7 Å². The molecule has 0 fully saturated rings. The van der Waals surface area contributed by atoms with Crippen LogP contribution < -0.4 is 5.73 Å². The number of hydrogen-bond donors (Lipinski definition) is 2. The number of halogens is 2. The fraction of sp³-hybridized carbons (Fsp3) is 0.455. The predicted octanol–water partition coefficient (Wildman–Crippen LogP) is 2.80. The van der Waals surface area contributed by atoms with Gasteiger partial charge in [0.05, 0.1) is 9.40 Å². The molecule has 0 amide bonds. The fourth-order valence-electron chi connectivity index (χ4n) is 1.41. The lowest BCUT2D eigenvalue weighted by Crippen LogP contribution is -2.32. The minimum Gasteiger partial charge on any atom is -0.396 e. The summed E-state index contributed by atoms with van der Waals surface area (Å²) in [5, 5.41) is 20.0. The summed E-state index contributed by atoms with van der Waals surface area (Å²) in [4.78, 5) is 10.3. The molecule has 18 heavy (non-hydrogen) atoms. The first kappa shape index (κ1) is 17.3. The lowest BCUT2D eigenvalue weighted by molar-refractivity contribution is -0.385. The Hall–Kier alpha value is -0.690. The summed E-state index contributed by atoms with van der Waals surface area (Å²) in [5.74, 6) is 0. The van der Waals surface area contributed by atoms with Crippen molar-refractivity contribution in [2.45, 2.75) is 19.9 Å². The molecule has 0 aliphatic carbocycles. The fourth-order valence-corrected chi connectivity index (χ4v) is 1.80. The first-order valence-corrected chi connectivity index (χ1v) is 5.89. The minimum atomic E-state index is -0.526. The molecule has 102 valence electrons. The standard InChI is InChI=1S/C11H15BrN2O3.ClH/c1-11(2,6-15)10(13)7-3-4-8(12)9(5-7)14(16)17;/h3-5,10,15H,6,13H2,1-2H3;1H/t10-;/m0./s1. The van der Waals surface area contributed by atoms with Crippen molar-refractivity contribution < 1.29 is 10.0 Å². The third-order valence-corrected chi connectivity index (χ3v) is 3.45. The van der Waals surface area contributed by atoms with Crippen LogP contribution >= 0.6 is 28.3 Å². The summed E-state index contributed by atoms with van der Waals surface area (Å²) in [7, 11) is 0. The Labute approximate surface area is 120 Å². The third-order valence-electron chi connectivity index (χ3n) is 2.78. The summed E-state index contributed by atoms with van der Waals surface area (Å²) in [6.45, 7) is 3.54. The highest BCUT2D eigenvalue weighted by Crippen LogP contribution is 2.34. The molecule has 0 aliphatic rings. The molecule has 3 N–H and O–H groups in total. The summed E-state index contributed by atoms with van der Waals surface area (Å²) < 4.78 is 0.417. The van der Waals surface area contributed by atoms with Gasteiger partial charge in [0.25, 0.3) is 5.69 Å². The Morgan fingerprint density at radius 3 is 2.56 bits per heavy atom. The number of hydrogen-bond acceptors (Lipinski definition) is 4. The van der Waals surface area contributed by atoms with Gasteiger partial charge in [0.2, 0.25) is 0 Å². The van der Waals surface area contributed by atoms with Gasteiger partial charge in [-0.2, -0.15) is 0 Å². The molecule has 1 aromatic carbocycles. The van der Waals surface area contributed by atoms with E-state index in [2.05, 4.69) is 15.9 Å². The Kier molecular flexibility index (Phi) is 6.22. The second kappa shape index (κ2) is 6.47. The molecule has 5 nitrogen and oxygen atoms in total. The van der Waals surface area contributed by atoms with Gasteiger partial charge in [0.15, 0.2) is 0 Å². The zero-order valence-electron chi connectivity index (χ0n) is 10.1. The molecule has 7 heteroatoms. The molecule has 0 unspecified atom stereocenters. The second-order valence-corrected chi connectivity index (χ2v) is 5.45. The molecule has 0 saturated heterocycles. The summed E-state index contributed by atoms with van der Waals surface area (Å²) in [6, 6.07) is 4.30. The molecule has 0 saturated carbocycles. The van der Waals surface area contributed by atoms with Crippen LogP contribution in [0.5, 0.6) is 0 Å². The van der Waals surface area contributed by atoms with Gasteiger partial charge in [0, 0.05) is 24.1 Å². The van der Waals surface area contributed by atoms with Gasteiger partial charge >= 0.3 is 0 Å². The molecule has 0 aromatic heterocycles. The number of nitrogens with two attached hydrogens (primary N) is 1. The summed E-state index contributed by atoms with van der Waals surface area (Å²) in [6.07, 6.45) is 0. The molecule has 0 heterocycles. The minimum absolute atomic E-state index is 0. The average Bonchev–Trinajstić information content (AvgIpc) is 2.28. The van der Waals surface area contributed by atoms with Crippen LogP contribution in [0.3, 0.4) is 0 Å². The van der Waals surface area contributed by atoms with Crippen LogP contribution in [0.25, 0.3) is 0 Å². The van der Waals surface area contributed by atoms with Gasteiger partial charge in [-0.25, -0.2) is 0 Å². The van der Waals surface area contributed by atoms with Gasteiger partial charge in [-0.05, 0) is 27.6 Å². The number of benzene rings is 1. The van der Waals surface area contributed by atoms with Gasteiger partial charge < -0.3 is 10.8 Å². The zero-order chi connectivity index (χ0) is 13.2. The number of nitro groups is 1. The summed E-state index contributed by atoms with van der Waals surface area (Å²) in [5.41, 5.74) is 6.09. The third kappa shape index (κ3) is 3.65. The van der Waals surface area contributed by atoms with Crippen LogP contribution in [0, 0.1) is 15.5 Å². The topological polar surface area (TPSA) is 89.4 Å². The number of rotatable bonds is 4.